The first-order valence-electron chi connectivity index (χ1n) is 8.84. The summed E-state index contributed by atoms with van der Waals surface area (Å²) in [6, 6.07) is 0. The van der Waals surface area contributed by atoms with Crippen LogP contribution in [0.2, 0.25) is 0 Å². The average molecular weight is 354 g/mol. The Hall–Kier alpha value is -1.82. The Bertz CT molecular complexity index is 547. The zero-order chi connectivity index (χ0) is 19.0. The van der Waals surface area contributed by atoms with E-state index in [0.717, 1.165) is 5.57 Å². The lowest BCUT2D eigenvalue weighted by Crippen LogP contribution is -2.40. The summed E-state index contributed by atoms with van der Waals surface area (Å²) in [5.41, 5.74) is 0.606. The number of rotatable bonds is 7. The lowest BCUT2D eigenvalue weighted by atomic mass is 10.0. The lowest BCUT2D eigenvalue weighted by molar-refractivity contribution is 0.0263. The van der Waals surface area contributed by atoms with Gasteiger partial charge in [0.2, 0.25) is 0 Å². The Balaban J connectivity index is 2.62. The van der Waals surface area contributed by atoms with E-state index in [-0.39, 0.29) is 11.9 Å². The topological polar surface area (TPSA) is 61.8 Å². The maximum absolute atomic E-state index is 14.1. The molecule has 0 aliphatic heterocycles. The van der Waals surface area contributed by atoms with Crippen LogP contribution in [0.25, 0.3) is 0 Å². The molecule has 1 unspecified atom stereocenters. The largest absolute Gasteiger partial charge is 0.444 e. The van der Waals surface area contributed by atoms with Crippen molar-refractivity contribution in [2.24, 2.45) is 0 Å². The fourth-order valence-electron chi connectivity index (χ4n) is 2.34. The number of ether oxygens (including phenoxy) is 1. The van der Waals surface area contributed by atoms with Crippen molar-refractivity contribution >= 4 is 6.09 Å². The summed E-state index contributed by atoms with van der Waals surface area (Å²) >= 11 is 0. The van der Waals surface area contributed by atoms with Gasteiger partial charge in [-0.15, -0.1) is 0 Å². The van der Waals surface area contributed by atoms with Crippen LogP contribution in [0.4, 0.5) is 9.18 Å². The summed E-state index contributed by atoms with van der Waals surface area (Å²) in [5, 5.41) is 12.9. The third-order valence-corrected chi connectivity index (χ3v) is 3.78. The minimum atomic E-state index is -0.553. The quantitative estimate of drug-likeness (QED) is 0.732. The Morgan fingerprint density at radius 2 is 2.08 bits per heavy atom. The number of aliphatic hydroxyl groups is 1. The van der Waals surface area contributed by atoms with Crippen LogP contribution in [0.15, 0.2) is 35.3 Å². The van der Waals surface area contributed by atoms with Gasteiger partial charge in [-0.05, 0) is 58.3 Å². The Morgan fingerprint density at radius 1 is 1.40 bits per heavy atom. The fraction of sp³-hybridized carbons (Fsp3) is 0.632. The van der Waals surface area contributed by atoms with Gasteiger partial charge < -0.3 is 20.1 Å². The van der Waals surface area contributed by atoms with Gasteiger partial charge in [0.15, 0.2) is 0 Å². The van der Waals surface area contributed by atoms with E-state index in [2.05, 4.69) is 5.32 Å². The van der Waals surface area contributed by atoms with Crippen LogP contribution in [0.1, 0.15) is 47.5 Å². The summed E-state index contributed by atoms with van der Waals surface area (Å²) < 4.78 is 19.5. The highest BCUT2D eigenvalue weighted by Gasteiger charge is 2.21. The molecule has 1 aliphatic rings. The maximum Gasteiger partial charge on any atom is 0.410 e. The van der Waals surface area contributed by atoms with Gasteiger partial charge in [-0.1, -0.05) is 13.0 Å². The molecule has 1 amide bonds. The fourth-order valence-corrected chi connectivity index (χ4v) is 2.34. The van der Waals surface area contributed by atoms with Crippen molar-refractivity contribution in [3.05, 3.63) is 35.3 Å². The number of allylic oxidation sites excluding steroid dienone is 4. The maximum atomic E-state index is 14.1. The molecule has 0 bridgehead atoms. The van der Waals surface area contributed by atoms with Crippen molar-refractivity contribution in [3.63, 3.8) is 0 Å². The molecule has 0 fully saturated rings. The number of halogens is 1. The van der Waals surface area contributed by atoms with Gasteiger partial charge in [0.05, 0.1) is 11.8 Å². The number of carbonyl (C=O) groups is 1. The SMILES string of the molecule is CCC(O)C1=CC=C(NCCN(CC)C(=O)OC(C)(C)C)C(F)=CC1. The molecule has 142 valence electrons. The molecule has 0 radical (unpaired) electrons. The zero-order valence-corrected chi connectivity index (χ0v) is 15.9. The van der Waals surface area contributed by atoms with E-state index >= 15 is 0 Å². The predicted octanol–water partition coefficient (Wildman–Crippen LogP) is 3.67. The molecular weight excluding hydrogens is 323 g/mol. The minimum absolute atomic E-state index is 0.352. The molecule has 0 spiro atoms. The molecule has 0 aromatic heterocycles. The van der Waals surface area contributed by atoms with Gasteiger partial charge in [-0.2, -0.15) is 0 Å². The highest BCUT2D eigenvalue weighted by atomic mass is 19.1. The average Bonchev–Trinajstić information content (AvgIpc) is 2.71. The number of aliphatic hydroxyl groups excluding tert-OH is 1. The lowest BCUT2D eigenvalue weighted by Gasteiger charge is -2.26. The first kappa shape index (κ1) is 21.2. The van der Waals surface area contributed by atoms with E-state index < -0.39 is 11.7 Å². The second-order valence-electron chi connectivity index (χ2n) is 6.99. The normalized spacial score (nSPS) is 16.2. The molecule has 2 N–H and O–H groups in total. The van der Waals surface area contributed by atoms with Gasteiger partial charge in [-0.25, -0.2) is 9.18 Å². The number of nitrogens with zero attached hydrogens (tertiary/aromatic N) is 1. The van der Waals surface area contributed by atoms with Crippen LogP contribution in [-0.4, -0.2) is 47.4 Å². The zero-order valence-electron chi connectivity index (χ0n) is 15.9. The molecule has 1 aliphatic carbocycles. The van der Waals surface area contributed by atoms with E-state index in [0.29, 0.717) is 38.2 Å². The second kappa shape index (κ2) is 9.61. The standard InChI is InChI=1S/C19H31FN2O3/c1-6-17(23)14-8-10-15(20)16(11-9-14)21-12-13-22(7-2)18(24)25-19(3,4)5/h9-11,17,21,23H,6-8,12-13H2,1-5H3. The van der Waals surface area contributed by atoms with Crippen LogP contribution < -0.4 is 5.32 Å². The van der Waals surface area contributed by atoms with E-state index in [1.54, 1.807) is 17.1 Å². The molecule has 5 nitrogen and oxygen atoms in total. The smallest absolute Gasteiger partial charge is 0.410 e. The second-order valence-corrected chi connectivity index (χ2v) is 6.99. The van der Waals surface area contributed by atoms with Crippen molar-refractivity contribution in [1.29, 1.82) is 0 Å². The molecular formula is C19H31FN2O3. The summed E-state index contributed by atoms with van der Waals surface area (Å²) in [4.78, 5) is 13.6. The van der Waals surface area contributed by atoms with Crippen LogP contribution in [-0.2, 0) is 4.74 Å². The highest BCUT2D eigenvalue weighted by Crippen LogP contribution is 2.21. The summed E-state index contributed by atoms with van der Waals surface area (Å²) in [5.74, 6) is -0.352. The van der Waals surface area contributed by atoms with E-state index in [9.17, 15) is 14.3 Å². The van der Waals surface area contributed by atoms with Gasteiger partial charge in [-0.3, -0.25) is 0 Å². The molecule has 25 heavy (non-hydrogen) atoms. The van der Waals surface area contributed by atoms with Gasteiger partial charge in [0.1, 0.15) is 11.4 Å². The molecule has 0 aromatic carbocycles. The highest BCUT2D eigenvalue weighted by molar-refractivity contribution is 5.68. The van der Waals surface area contributed by atoms with Gasteiger partial charge in [0, 0.05) is 19.6 Å². The first-order chi connectivity index (χ1) is 11.7. The number of likely N-dealkylation sites (N-methyl/N-ethyl adjacent to an activating group) is 1. The van der Waals surface area contributed by atoms with Crippen LogP contribution in [0.3, 0.4) is 0 Å². The third kappa shape index (κ3) is 7.30. The first-order valence-corrected chi connectivity index (χ1v) is 8.84. The summed E-state index contributed by atoms with van der Waals surface area (Å²) in [7, 11) is 0. The van der Waals surface area contributed by atoms with Crippen molar-refractivity contribution in [2.75, 3.05) is 19.6 Å². The van der Waals surface area contributed by atoms with E-state index in [1.165, 1.54) is 6.08 Å². The van der Waals surface area contributed by atoms with Crippen molar-refractivity contribution in [3.8, 4) is 0 Å². The number of hydrogen-bond acceptors (Lipinski definition) is 4. The predicted molar refractivity (Wildman–Crippen MR) is 97.8 cm³/mol. The van der Waals surface area contributed by atoms with Crippen molar-refractivity contribution in [2.45, 2.75) is 59.2 Å². The van der Waals surface area contributed by atoms with Crippen LogP contribution in [0, 0.1) is 0 Å². The van der Waals surface area contributed by atoms with Crippen LogP contribution in [0.5, 0.6) is 0 Å². The summed E-state index contributed by atoms with van der Waals surface area (Å²) in [6.07, 6.45) is 4.91. The Kier molecular flexibility index (Phi) is 8.16. The molecule has 0 aromatic rings. The third-order valence-electron chi connectivity index (χ3n) is 3.78. The molecule has 0 saturated heterocycles. The Labute approximate surface area is 150 Å². The van der Waals surface area contributed by atoms with Crippen molar-refractivity contribution < 1.29 is 19.0 Å². The van der Waals surface area contributed by atoms with Crippen LogP contribution >= 0.6 is 0 Å². The van der Waals surface area contributed by atoms with E-state index in [4.69, 9.17) is 4.74 Å². The molecule has 6 heteroatoms. The monoisotopic (exact) mass is 354 g/mol. The minimum Gasteiger partial charge on any atom is -0.444 e. The van der Waals surface area contributed by atoms with Crippen molar-refractivity contribution in [1.82, 2.24) is 10.2 Å². The van der Waals surface area contributed by atoms with Gasteiger partial charge >= 0.3 is 6.09 Å². The number of hydrogen-bond donors (Lipinski definition) is 2. The Morgan fingerprint density at radius 3 is 2.64 bits per heavy atom. The molecule has 0 heterocycles. The number of carbonyl (C=O) groups excluding carboxylic acids is 1. The van der Waals surface area contributed by atoms with E-state index in [1.807, 2.05) is 34.6 Å². The molecule has 1 rings (SSSR count). The number of amides is 1. The number of nitrogens with one attached hydrogen (secondary N) is 1. The molecule has 1 atom stereocenters. The summed E-state index contributed by atoms with van der Waals surface area (Å²) in [6.45, 7) is 10.5. The molecule has 0 saturated carbocycles. The van der Waals surface area contributed by atoms with Gasteiger partial charge in [0.25, 0.3) is 0 Å².